The van der Waals surface area contributed by atoms with Gasteiger partial charge >= 0.3 is 5.97 Å². The van der Waals surface area contributed by atoms with Crippen LogP contribution in [0.5, 0.6) is 0 Å². The van der Waals surface area contributed by atoms with Crippen LogP contribution < -0.4 is 0 Å². The number of ketones is 1. The van der Waals surface area contributed by atoms with E-state index in [0.717, 1.165) is 12.8 Å². The van der Waals surface area contributed by atoms with E-state index in [4.69, 9.17) is 42.6 Å². The highest BCUT2D eigenvalue weighted by molar-refractivity contribution is 7.95. The lowest BCUT2D eigenvalue weighted by molar-refractivity contribution is -0.145. The second-order valence-electron chi connectivity index (χ2n) is 28.4. The van der Waals surface area contributed by atoms with Crippen molar-refractivity contribution in [1.29, 1.82) is 0 Å². The summed E-state index contributed by atoms with van der Waals surface area (Å²) in [5.74, 6) is -0.425. The Kier molecular flexibility index (Phi) is 88.4. The summed E-state index contributed by atoms with van der Waals surface area (Å²) < 4.78 is 91.7. The third-order valence-electron chi connectivity index (χ3n) is 14.4. The van der Waals surface area contributed by atoms with Crippen LogP contribution in [0.25, 0.3) is 0 Å². The van der Waals surface area contributed by atoms with Gasteiger partial charge in [0.15, 0.2) is 19.7 Å². The molecule has 0 aliphatic heterocycles. The van der Waals surface area contributed by atoms with E-state index < -0.39 is 117 Å². The molecule has 0 aromatic carbocycles. The van der Waals surface area contributed by atoms with E-state index in [1.54, 1.807) is 123 Å². The number of hydrogen-bond acceptors (Lipinski definition) is 32. The fourth-order valence-corrected chi connectivity index (χ4v) is 10.9. The first kappa shape index (κ1) is 127. The molecule has 35 heteroatoms. The number of rotatable bonds is 52. The van der Waals surface area contributed by atoms with Crippen LogP contribution in [0.1, 0.15) is 231 Å². The van der Waals surface area contributed by atoms with Crippen LogP contribution in [0, 0.1) is 0 Å². The maximum atomic E-state index is 11.5. The van der Waals surface area contributed by atoms with Gasteiger partial charge in [0.1, 0.15) is 85.6 Å². The Morgan fingerprint density at radius 2 is 0.550 bits per heavy atom. The predicted molar refractivity (Wildman–Crippen MR) is 429 cm³/mol. The normalized spacial score (nSPS) is 15.9. The van der Waals surface area contributed by atoms with E-state index in [1.165, 1.54) is 0 Å². The molecule has 0 saturated heterocycles. The van der Waals surface area contributed by atoms with Crippen molar-refractivity contribution in [3.05, 3.63) is 0 Å². The minimum absolute atomic E-state index is 0. The average molecular weight is 1670 g/mol. The van der Waals surface area contributed by atoms with Crippen molar-refractivity contribution in [3.8, 4) is 0 Å². The first-order chi connectivity index (χ1) is 50.6. The minimum atomic E-state index is -3.33. The van der Waals surface area contributed by atoms with Gasteiger partial charge < -0.3 is 134 Å². The van der Waals surface area contributed by atoms with Crippen molar-refractivity contribution >= 4 is 37.3 Å². The number of carbonyl (C=O) groups is 3. The van der Waals surface area contributed by atoms with Gasteiger partial charge in [0, 0.05) is 52.3 Å². The number of esters is 1. The van der Waals surface area contributed by atoms with Crippen molar-refractivity contribution in [2.45, 2.75) is 377 Å². The van der Waals surface area contributed by atoms with Crippen LogP contribution in [-0.2, 0) is 76.7 Å². The molecule has 16 atom stereocenters. The first-order valence-electron chi connectivity index (χ1n) is 38.7. The SMILES string of the molecule is C.CC(=O)CCCOC(C)C.CC(C)OCCCC(=O)N(C)C.CCC(=O)OCCOC(C)C.CCCS(=O)(=O)CCS(=O)(=O)CCOC(C)C.CC[C@@H](O)[C@@H](O)[C@H](O)[C@H](O)COC(C)C.CC[C@@H](O)[C@H](O)[C@H](O)[C@@H](O)COC(C)C.CC[C@H](O)[C@@H](O)[C@H](O)[C@H](O)COC(C)C.CC[C@H](O)[C@H](O)[C@@H](O)[C@@H](O)COC(C)C. The lowest BCUT2D eigenvalue weighted by atomic mass is 10.0. The molecule has 0 heterocycles. The van der Waals surface area contributed by atoms with Gasteiger partial charge in [-0.05, 0) is 163 Å². The van der Waals surface area contributed by atoms with Crippen LogP contribution in [0.2, 0.25) is 0 Å². The van der Waals surface area contributed by atoms with Crippen LogP contribution in [0.15, 0.2) is 0 Å². The average Bonchev–Trinajstić information content (AvgIpc) is 0.915. The molecule has 16 N–H and O–H groups in total. The summed E-state index contributed by atoms with van der Waals surface area (Å²) in [5, 5.41) is 150. The van der Waals surface area contributed by atoms with Gasteiger partial charge in [0.05, 0.1) is 130 Å². The largest absolute Gasteiger partial charge is 0.463 e. The van der Waals surface area contributed by atoms with Crippen molar-refractivity contribution in [2.75, 3.05) is 96.6 Å². The molecule has 0 aliphatic rings. The van der Waals surface area contributed by atoms with Crippen molar-refractivity contribution < 1.29 is 156 Å². The van der Waals surface area contributed by atoms with Gasteiger partial charge in [-0.1, -0.05) is 49.0 Å². The topological polar surface area (TPSA) is 529 Å². The van der Waals surface area contributed by atoms with Gasteiger partial charge in [-0.3, -0.25) is 9.59 Å². The molecule has 0 saturated carbocycles. The van der Waals surface area contributed by atoms with Gasteiger partial charge in [0.2, 0.25) is 5.91 Å². The number of hydrogen-bond donors (Lipinski definition) is 16. The van der Waals surface area contributed by atoms with E-state index in [1.807, 2.05) is 55.4 Å². The van der Waals surface area contributed by atoms with Crippen molar-refractivity contribution in [1.82, 2.24) is 4.90 Å². The third kappa shape index (κ3) is 85.3. The van der Waals surface area contributed by atoms with Gasteiger partial charge in [0.25, 0.3) is 0 Å². The Bertz CT molecular complexity index is 2150. The molecule has 0 rings (SSSR count). The highest BCUT2D eigenvalue weighted by atomic mass is 32.2. The quantitative estimate of drug-likeness (QED) is 0.0307. The van der Waals surface area contributed by atoms with Crippen LogP contribution in [0.3, 0.4) is 0 Å². The second kappa shape index (κ2) is 77.5. The van der Waals surface area contributed by atoms with Crippen molar-refractivity contribution in [2.24, 2.45) is 0 Å². The Hall–Kier alpha value is -2.45. The Labute approximate surface area is 668 Å². The molecule has 0 aromatic rings. The monoisotopic (exact) mass is 1670 g/mol. The Morgan fingerprint density at radius 3 is 0.775 bits per heavy atom. The molecule has 1 amide bonds. The number of ether oxygens (including phenoxy) is 9. The lowest BCUT2D eigenvalue weighted by Crippen LogP contribution is -2.46. The maximum Gasteiger partial charge on any atom is 0.305 e. The summed E-state index contributed by atoms with van der Waals surface area (Å²) in [6, 6.07) is 0. The van der Waals surface area contributed by atoms with Gasteiger partial charge in [-0.15, -0.1) is 0 Å². The second-order valence-corrected chi connectivity index (χ2v) is 33.0. The molecule has 0 aromatic heterocycles. The highest BCUT2D eigenvalue weighted by Gasteiger charge is 2.33. The fraction of sp³-hybridized carbons (Fsp3) is 0.961. The Balaban J connectivity index is -0.000000154. The van der Waals surface area contributed by atoms with E-state index in [2.05, 4.69) is 0 Å². The number of aliphatic hydroxyl groups excluding tert-OH is 16. The summed E-state index contributed by atoms with van der Waals surface area (Å²) in [5.41, 5.74) is 0. The molecule has 0 fully saturated rings. The summed E-state index contributed by atoms with van der Waals surface area (Å²) in [7, 11) is -3.02. The first-order valence-corrected chi connectivity index (χ1v) is 42.3. The molecular formula is C76H165NO32S2. The smallest absolute Gasteiger partial charge is 0.305 e. The molecule has 0 radical (unpaired) electrons. The fourth-order valence-electron chi connectivity index (χ4n) is 7.47. The van der Waals surface area contributed by atoms with Gasteiger partial charge in [-0.2, -0.15) is 0 Å². The molecule has 0 unspecified atom stereocenters. The number of nitrogens with zero attached hydrogens (tertiary/aromatic N) is 1. The Morgan fingerprint density at radius 1 is 0.315 bits per heavy atom. The maximum absolute atomic E-state index is 11.5. The van der Waals surface area contributed by atoms with Crippen LogP contribution in [0.4, 0.5) is 0 Å². The molecule has 0 aliphatic carbocycles. The van der Waals surface area contributed by atoms with E-state index in [-0.39, 0.29) is 130 Å². The third-order valence-corrected chi connectivity index (χ3v) is 18.1. The number of sulfone groups is 2. The van der Waals surface area contributed by atoms with E-state index in [0.29, 0.717) is 77.8 Å². The zero-order chi connectivity index (χ0) is 87.8. The standard InChI is InChI=1S/C10H22O5S2.4C10H22O5.C9H19NO2.C8H16O3.C8H16O2.CH4/c1-4-6-16(11,12)8-9-17(13,14)7-5-15-10(2)3;4*1-4-7(11)9(13)10(14)8(12)5-15-6(2)3;1-8(2)12-7-5-6-9(11)10(3)4;1-4-8(9)11-6-5-10-7(2)3;1-7(2)10-6-4-5-8(3)9;/h10H,4-9H2,1-3H3;4*6-14H,4-5H2,1-3H3;8H,5-7H2,1-4H3;7H,4-6H2,1-3H3;7H,4-6H2,1-3H3;1H4/t;7-,8+,9+,10+;7-,8+,9+,10-;2*7-,8-,9-,10-;;;;/m.0110..../s1. The summed E-state index contributed by atoms with van der Waals surface area (Å²) >= 11 is 0. The van der Waals surface area contributed by atoms with Gasteiger partial charge in [-0.25, -0.2) is 16.8 Å². The van der Waals surface area contributed by atoms with E-state index >= 15 is 0 Å². The van der Waals surface area contributed by atoms with Crippen LogP contribution in [-0.4, -0.2) is 364 Å². The zero-order valence-corrected chi connectivity index (χ0v) is 73.2. The number of amides is 1. The summed E-state index contributed by atoms with van der Waals surface area (Å²) in [4.78, 5) is 33.7. The van der Waals surface area contributed by atoms with Crippen LogP contribution >= 0.6 is 0 Å². The molecule has 33 nitrogen and oxygen atoms in total. The number of Topliss-reactive ketones (excluding diaryl/α,β-unsaturated/α-hetero) is 1. The molecule has 0 spiro atoms. The molecular weight excluding hydrogens is 1500 g/mol. The summed E-state index contributed by atoms with van der Waals surface area (Å²) in [6.45, 7) is 43.9. The summed E-state index contributed by atoms with van der Waals surface area (Å²) in [6.07, 6.45) is -14.2. The zero-order valence-electron chi connectivity index (χ0n) is 71.6. The number of aliphatic hydroxyl groups is 16. The molecule has 0 bridgehead atoms. The highest BCUT2D eigenvalue weighted by Crippen LogP contribution is 2.13. The van der Waals surface area contributed by atoms with Crippen molar-refractivity contribution in [3.63, 3.8) is 0 Å². The molecule has 678 valence electrons. The molecule has 111 heavy (non-hydrogen) atoms. The minimum Gasteiger partial charge on any atom is -0.463 e. The number of carbonyl (C=O) groups excluding carboxylic acids is 3. The predicted octanol–water partition coefficient (Wildman–Crippen LogP) is 2.77. The van der Waals surface area contributed by atoms with E-state index in [9.17, 15) is 113 Å². The lowest BCUT2D eigenvalue weighted by Gasteiger charge is -2.26.